The van der Waals surface area contributed by atoms with E-state index in [2.05, 4.69) is 30.9 Å². The highest BCUT2D eigenvalue weighted by Gasteiger charge is 2.23. The van der Waals surface area contributed by atoms with Gasteiger partial charge in [0.05, 0.1) is 5.69 Å². The zero-order valence-electron chi connectivity index (χ0n) is 17.9. The number of hydrogen-bond acceptors (Lipinski definition) is 5. The summed E-state index contributed by atoms with van der Waals surface area (Å²) in [6, 6.07) is 22.8. The van der Waals surface area contributed by atoms with Gasteiger partial charge in [0.25, 0.3) is 0 Å². The van der Waals surface area contributed by atoms with Gasteiger partial charge in [0.2, 0.25) is 0 Å². The van der Waals surface area contributed by atoms with Crippen molar-refractivity contribution in [2.75, 3.05) is 0 Å². The summed E-state index contributed by atoms with van der Waals surface area (Å²) >= 11 is 5.86. The van der Waals surface area contributed by atoms with Crippen molar-refractivity contribution in [3.8, 4) is 23.1 Å². The predicted octanol–water partition coefficient (Wildman–Crippen LogP) is 5.65. The highest BCUT2D eigenvalue weighted by Crippen LogP contribution is 2.28. The Kier molecular flexibility index (Phi) is 5.79. The van der Waals surface area contributed by atoms with Crippen molar-refractivity contribution in [3.63, 3.8) is 0 Å². The molecule has 1 heterocycles. The van der Waals surface area contributed by atoms with Crippen LogP contribution < -0.4 is 4.18 Å². The fraction of sp³-hybridized carbons (Fsp3) is 0.167. The fourth-order valence-corrected chi connectivity index (χ4v) is 4.09. The molecular weight excluding hydrogens is 446 g/mol. The average Bonchev–Trinajstić information content (AvgIpc) is 3.17. The Bertz CT molecular complexity index is 1330. The van der Waals surface area contributed by atoms with Crippen LogP contribution in [0, 0.1) is 0 Å². The molecule has 4 aromatic rings. The standard InChI is InChI=1S/C24H22ClN3O3S/c1-24(2,3)18-11-9-17(10-12-18)22-26-23(27-28(22)20-7-5-4-6-8-20)31-32(29,30)21-15-13-19(25)14-16-21/h4-16H,1-3H3. The number of nitrogens with zero attached hydrogens (tertiary/aromatic N) is 3. The lowest BCUT2D eigenvalue weighted by Gasteiger charge is -2.19. The number of aromatic nitrogens is 3. The summed E-state index contributed by atoms with van der Waals surface area (Å²) < 4.78 is 32.2. The summed E-state index contributed by atoms with van der Waals surface area (Å²) in [6.45, 7) is 6.42. The van der Waals surface area contributed by atoms with E-state index in [0.717, 1.165) is 11.3 Å². The highest BCUT2D eigenvalue weighted by molar-refractivity contribution is 7.87. The molecule has 0 unspecified atom stereocenters. The lowest BCUT2D eigenvalue weighted by atomic mass is 9.87. The van der Waals surface area contributed by atoms with Crippen molar-refractivity contribution in [2.45, 2.75) is 31.1 Å². The molecule has 164 valence electrons. The number of benzene rings is 3. The van der Waals surface area contributed by atoms with Gasteiger partial charge < -0.3 is 4.18 Å². The highest BCUT2D eigenvalue weighted by atomic mass is 35.5. The Morgan fingerprint density at radius 3 is 2.09 bits per heavy atom. The summed E-state index contributed by atoms with van der Waals surface area (Å²) in [5.41, 5.74) is 2.70. The molecule has 0 fully saturated rings. The van der Waals surface area contributed by atoms with Gasteiger partial charge in [-0.15, -0.1) is 5.10 Å². The minimum Gasteiger partial charge on any atom is -0.338 e. The van der Waals surface area contributed by atoms with Crippen molar-refractivity contribution >= 4 is 21.7 Å². The second kappa shape index (κ2) is 8.41. The largest absolute Gasteiger partial charge is 0.352 e. The van der Waals surface area contributed by atoms with E-state index < -0.39 is 10.1 Å². The van der Waals surface area contributed by atoms with Crippen LogP contribution in [-0.4, -0.2) is 23.2 Å². The van der Waals surface area contributed by atoms with E-state index in [9.17, 15) is 8.42 Å². The second-order valence-electron chi connectivity index (χ2n) is 8.28. The molecular formula is C24H22ClN3O3S. The van der Waals surface area contributed by atoms with E-state index >= 15 is 0 Å². The Labute approximate surface area is 192 Å². The van der Waals surface area contributed by atoms with Gasteiger partial charge in [-0.3, -0.25) is 0 Å². The fourth-order valence-electron chi connectivity index (χ4n) is 3.13. The van der Waals surface area contributed by atoms with Gasteiger partial charge in [-0.25, -0.2) is 4.68 Å². The van der Waals surface area contributed by atoms with Gasteiger partial charge >= 0.3 is 16.1 Å². The Hall–Kier alpha value is -3.16. The first-order valence-corrected chi connectivity index (χ1v) is 11.8. The predicted molar refractivity (Wildman–Crippen MR) is 125 cm³/mol. The van der Waals surface area contributed by atoms with Gasteiger partial charge in [-0.1, -0.05) is 74.8 Å². The second-order valence-corrected chi connectivity index (χ2v) is 10.3. The lowest BCUT2D eigenvalue weighted by molar-refractivity contribution is 0.463. The van der Waals surface area contributed by atoms with Crippen molar-refractivity contribution in [1.82, 2.24) is 14.8 Å². The molecule has 0 bridgehead atoms. The molecule has 0 aliphatic carbocycles. The maximum atomic E-state index is 12.7. The number of para-hydroxylation sites is 1. The van der Waals surface area contributed by atoms with Crippen LogP contribution in [0.15, 0.2) is 83.8 Å². The summed E-state index contributed by atoms with van der Waals surface area (Å²) in [6.07, 6.45) is 0. The number of rotatable bonds is 5. The normalized spacial score (nSPS) is 12.0. The summed E-state index contributed by atoms with van der Waals surface area (Å²) in [7, 11) is -4.12. The average molecular weight is 468 g/mol. The Morgan fingerprint density at radius 1 is 0.875 bits per heavy atom. The molecule has 0 N–H and O–H groups in total. The van der Waals surface area contributed by atoms with Gasteiger partial charge in [-0.2, -0.15) is 13.4 Å². The van der Waals surface area contributed by atoms with Crippen LogP contribution in [0.1, 0.15) is 26.3 Å². The van der Waals surface area contributed by atoms with Crippen LogP contribution >= 0.6 is 11.6 Å². The van der Waals surface area contributed by atoms with E-state index in [0.29, 0.717) is 10.8 Å². The molecule has 0 spiro atoms. The minimum absolute atomic E-state index is 0.00651. The molecule has 0 radical (unpaired) electrons. The number of halogens is 1. The third kappa shape index (κ3) is 4.69. The molecule has 0 aliphatic heterocycles. The van der Waals surface area contributed by atoms with Gasteiger partial charge in [-0.05, 0) is 47.4 Å². The molecule has 0 saturated heterocycles. The van der Waals surface area contributed by atoms with E-state index in [1.54, 1.807) is 4.68 Å². The first kappa shape index (κ1) is 22.0. The quantitative estimate of drug-likeness (QED) is 0.354. The third-order valence-electron chi connectivity index (χ3n) is 4.88. The molecule has 8 heteroatoms. The topological polar surface area (TPSA) is 74.1 Å². The molecule has 0 atom stereocenters. The monoisotopic (exact) mass is 467 g/mol. The first-order valence-electron chi connectivity index (χ1n) is 9.97. The summed E-state index contributed by atoms with van der Waals surface area (Å²) in [5.74, 6) is 0.470. The molecule has 0 saturated carbocycles. The minimum atomic E-state index is -4.12. The molecule has 4 rings (SSSR count). The molecule has 32 heavy (non-hydrogen) atoms. The van der Waals surface area contributed by atoms with Gasteiger partial charge in [0, 0.05) is 10.6 Å². The summed E-state index contributed by atoms with van der Waals surface area (Å²) in [4.78, 5) is 4.37. The van der Waals surface area contributed by atoms with Crippen LogP contribution in [0.3, 0.4) is 0 Å². The Morgan fingerprint density at radius 2 is 1.50 bits per heavy atom. The van der Waals surface area contributed by atoms with E-state index in [1.807, 2.05) is 54.6 Å². The number of hydrogen-bond donors (Lipinski definition) is 0. The first-order chi connectivity index (χ1) is 15.1. The van der Waals surface area contributed by atoms with Crippen LogP contribution in [0.4, 0.5) is 0 Å². The van der Waals surface area contributed by atoms with Gasteiger partial charge in [0.1, 0.15) is 4.90 Å². The Balaban J connectivity index is 1.76. The molecule has 1 aromatic heterocycles. The molecule has 0 amide bonds. The smallest absolute Gasteiger partial charge is 0.338 e. The van der Waals surface area contributed by atoms with Gasteiger partial charge in [0.15, 0.2) is 5.82 Å². The van der Waals surface area contributed by atoms with Crippen molar-refractivity contribution in [1.29, 1.82) is 0 Å². The molecule has 3 aromatic carbocycles. The molecule has 0 aliphatic rings. The van der Waals surface area contributed by atoms with Crippen LogP contribution in [0.5, 0.6) is 6.01 Å². The van der Waals surface area contributed by atoms with Crippen molar-refractivity contribution < 1.29 is 12.6 Å². The van der Waals surface area contributed by atoms with E-state index in [1.165, 1.54) is 29.8 Å². The lowest BCUT2D eigenvalue weighted by Crippen LogP contribution is -2.10. The zero-order valence-corrected chi connectivity index (χ0v) is 19.4. The maximum Gasteiger partial charge on any atom is 0.352 e. The van der Waals surface area contributed by atoms with Crippen LogP contribution in [0.25, 0.3) is 17.1 Å². The van der Waals surface area contributed by atoms with Crippen molar-refractivity contribution in [2.24, 2.45) is 0 Å². The van der Waals surface area contributed by atoms with Crippen molar-refractivity contribution in [3.05, 3.63) is 89.4 Å². The van der Waals surface area contributed by atoms with E-state index in [4.69, 9.17) is 15.8 Å². The SMILES string of the molecule is CC(C)(C)c1ccc(-c2nc(OS(=O)(=O)c3ccc(Cl)cc3)nn2-c2ccccc2)cc1. The van der Waals surface area contributed by atoms with Crippen LogP contribution in [0.2, 0.25) is 5.02 Å². The summed E-state index contributed by atoms with van der Waals surface area (Å²) in [5, 5.41) is 4.76. The van der Waals surface area contributed by atoms with Crippen LogP contribution in [-0.2, 0) is 15.5 Å². The molecule has 6 nitrogen and oxygen atoms in total. The zero-order chi connectivity index (χ0) is 22.9. The maximum absolute atomic E-state index is 12.7. The third-order valence-corrected chi connectivity index (χ3v) is 6.35. The van der Waals surface area contributed by atoms with E-state index in [-0.39, 0.29) is 16.3 Å².